The topological polar surface area (TPSA) is 79.3 Å². The van der Waals surface area contributed by atoms with Crippen LogP contribution in [0.3, 0.4) is 0 Å². The molecule has 0 radical (unpaired) electrons. The third kappa shape index (κ3) is 6.65. The van der Waals surface area contributed by atoms with Crippen molar-refractivity contribution in [1.82, 2.24) is 14.9 Å². The van der Waals surface area contributed by atoms with Crippen LogP contribution >= 0.6 is 23.2 Å². The van der Waals surface area contributed by atoms with E-state index in [1.165, 1.54) is 0 Å². The van der Waals surface area contributed by atoms with E-state index in [1.54, 1.807) is 12.1 Å². The molecule has 7 nitrogen and oxygen atoms in total. The molecule has 1 fully saturated rings. The lowest BCUT2D eigenvalue weighted by atomic mass is 9.95. The zero-order valence-corrected chi connectivity index (χ0v) is 26.5. The molecule has 5 rings (SSSR count). The van der Waals surface area contributed by atoms with Crippen molar-refractivity contribution in [1.29, 1.82) is 0 Å². The first kappa shape index (κ1) is 30.8. The van der Waals surface area contributed by atoms with Gasteiger partial charge in [0.15, 0.2) is 0 Å². The van der Waals surface area contributed by atoms with E-state index in [0.29, 0.717) is 63.3 Å². The number of rotatable bonds is 7. The standard InChI is InChI=1S/C33H36Cl2FN5O2/c1-19-6-9-22(10-7-19)38-31(42)24-14-26-28(16-27(24)41-13-12-21(36)18-41)40(5)29(39-26)15-23-25(34)11-8-20(30(23)35)17-37-32(43)33(2,3)4/h6-11,14,16,21H,12-13,15,17-18H2,1-5H3,(H,37,43)(H,38,42)/t21-/m0/s1. The highest BCUT2D eigenvalue weighted by atomic mass is 35.5. The number of hydrogen-bond acceptors (Lipinski definition) is 4. The molecular weight excluding hydrogens is 588 g/mol. The molecule has 0 unspecified atom stereocenters. The van der Waals surface area contributed by atoms with Gasteiger partial charge in [0.1, 0.15) is 12.0 Å². The molecule has 0 bridgehead atoms. The highest BCUT2D eigenvalue weighted by Crippen LogP contribution is 2.34. The van der Waals surface area contributed by atoms with Gasteiger partial charge >= 0.3 is 0 Å². The van der Waals surface area contributed by atoms with Gasteiger partial charge in [-0.25, -0.2) is 9.37 Å². The van der Waals surface area contributed by atoms with E-state index < -0.39 is 11.6 Å². The van der Waals surface area contributed by atoms with Crippen molar-refractivity contribution in [2.24, 2.45) is 12.5 Å². The van der Waals surface area contributed by atoms with E-state index in [-0.39, 0.29) is 24.9 Å². The van der Waals surface area contributed by atoms with Crippen LogP contribution in [0.25, 0.3) is 11.0 Å². The highest BCUT2D eigenvalue weighted by Gasteiger charge is 2.28. The summed E-state index contributed by atoms with van der Waals surface area (Å²) >= 11 is 13.4. The molecule has 226 valence electrons. The number of aromatic nitrogens is 2. The molecule has 1 saturated heterocycles. The van der Waals surface area contributed by atoms with Crippen LogP contribution in [0.2, 0.25) is 10.0 Å². The summed E-state index contributed by atoms with van der Waals surface area (Å²) in [5.41, 5.74) is 5.23. The van der Waals surface area contributed by atoms with Crippen molar-refractivity contribution in [3.05, 3.63) is 86.7 Å². The lowest BCUT2D eigenvalue weighted by Gasteiger charge is -2.21. The Hall–Kier alpha value is -3.62. The molecule has 2 amide bonds. The maximum Gasteiger partial charge on any atom is 0.257 e. The molecule has 2 heterocycles. The molecule has 1 aliphatic rings. The Balaban J connectivity index is 1.49. The quantitative estimate of drug-likeness (QED) is 0.227. The van der Waals surface area contributed by atoms with E-state index in [1.807, 2.05) is 80.6 Å². The maximum atomic E-state index is 14.3. The number of halogens is 3. The van der Waals surface area contributed by atoms with Crippen molar-refractivity contribution in [3.8, 4) is 0 Å². The smallest absolute Gasteiger partial charge is 0.257 e. The summed E-state index contributed by atoms with van der Waals surface area (Å²) in [6.45, 7) is 8.56. The van der Waals surface area contributed by atoms with Crippen LogP contribution in [-0.4, -0.2) is 40.6 Å². The van der Waals surface area contributed by atoms with E-state index in [2.05, 4.69) is 10.6 Å². The lowest BCUT2D eigenvalue weighted by Crippen LogP contribution is -2.34. The maximum absolute atomic E-state index is 14.3. The average molecular weight is 625 g/mol. The molecule has 0 aliphatic carbocycles. The minimum absolute atomic E-state index is 0.0782. The Morgan fingerprint density at radius 3 is 2.47 bits per heavy atom. The van der Waals surface area contributed by atoms with Crippen molar-refractivity contribution < 1.29 is 14.0 Å². The van der Waals surface area contributed by atoms with Crippen LogP contribution in [0.5, 0.6) is 0 Å². The largest absolute Gasteiger partial charge is 0.368 e. The molecular formula is C33H36Cl2FN5O2. The minimum atomic E-state index is -0.949. The predicted octanol–water partition coefficient (Wildman–Crippen LogP) is 7.24. The third-order valence-electron chi connectivity index (χ3n) is 7.84. The number of hydrogen-bond donors (Lipinski definition) is 2. The van der Waals surface area contributed by atoms with Crippen LogP contribution in [0.4, 0.5) is 15.8 Å². The number of anilines is 2. The second-order valence-corrected chi connectivity index (χ2v) is 13.0. The van der Waals surface area contributed by atoms with Crippen LogP contribution in [-0.2, 0) is 24.8 Å². The summed E-state index contributed by atoms with van der Waals surface area (Å²) < 4.78 is 16.2. The minimum Gasteiger partial charge on any atom is -0.368 e. The Labute approximate surface area is 261 Å². The van der Waals surface area contributed by atoms with Gasteiger partial charge in [-0.05, 0) is 54.8 Å². The molecule has 0 saturated carbocycles. The van der Waals surface area contributed by atoms with Crippen molar-refractivity contribution in [2.75, 3.05) is 23.3 Å². The molecule has 0 spiro atoms. The van der Waals surface area contributed by atoms with Gasteiger partial charge in [0, 0.05) is 49.2 Å². The second kappa shape index (κ2) is 12.2. The molecule has 2 N–H and O–H groups in total. The van der Waals surface area contributed by atoms with Crippen LogP contribution < -0.4 is 15.5 Å². The molecule has 1 aliphatic heterocycles. The lowest BCUT2D eigenvalue weighted by molar-refractivity contribution is -0.128. The number of benzene rings is 3. The second-order valence-electron chi connectivity index (χ2n) is 12.2. The molecule has 1 atom stereocenters. The number of alkyl halides is 1. The van der Waals surface area contributed by atoms with E-state index >= 15 is 0 Å². The number of carbonyl (C=O) groups excluding carboxylic acids is 2. The fraction of sp³-hybridized carbons (Fsp3) is 0.364. The molecule has 3 aromatic carbocycles. The number of carbonyl (C=O) groups is 2. The summed E-state index contributed by atoms with van der Waals surface area (Å²) in [6.07, 6.45) is -0.201. The first-order valence-electron chi connectivity index (χ1n) is 14.3. The number of amides is 2. The number of imidazole rings is 1. The van der Waals surface area contributed by atoms with Gasteiger partial charge in [0.25, 0.3) is 5.91 Å². The summed E-state index contributed by atoms with van der Waals surface area (Å²) in [5, 5.41) is 6.88. The summed E-state index contributed by atoms with van der Waals surface area (Å²) in [7, 11) is 1.90. The van der Waals surface area contributed by atoms with Crippen LogP contribution in [0, 0.1) is 12.3 Å². The van der Waals surface area contributed by atoms with Gasteiger partial charge in [-0.3, -0.25) is 9.59 Å². The Bertz CT molecular complexity index is 1690. The summed E-state index contributed by atoms with van der Waals surface area (Å²) in [4.78, 5) is 32.8. The Kier molecular flexibility index (Phi) is 8.72. The van der Waals surface area contributed by atoms with E-state index in [4.69, 9.17) is 28.2 Å². The first-order valence-corrected chi connectivity index (χ1v) is 15.1. The van der Waals surface area contributed by atoms with Crippen molar-refractivity contribution >= 4 is 57.4 Å². The zero-order valence-electron chi connectivity index (χ0n) is 25.0. The number of nitrogens with one attached hydrogen (secondary N) is 2. The number of nitrogens with zero attached hydrogens (tertiary/aromatic N) is 3. The fourth-order valence-corrected chi connectivity index (χ4v) is 5.77. The first-order chi connectivity index (χ1) is 20.3. The summed E-state index contributed by atoms with van der Waals surface area (Å²) in [6, 6.07) is 14.8. The Morgan fingerprint density at radius 1 is 1.09 bits per heavy atom. The van der Waals surface area contributed by atoms with Crippen LogP contribution in [0.1, 0.15) is 60.1 Å². The van der Waals surface area contributed by atoms with Gasteiger partial charge in [0.05, 0.1) is 27.3 Å². The van der Waals surface area contributed by atoms with E-state index in [9.17, 15) is 14.0 Å². The van der Waals surface area contributed by atoms with Gasteiger partial charge in [-0.2, -0.15) is 0 Å². The SMILES string of the molecule is Cc1ccc(NC(=O)c2cc3nc(Cc4c(Cl)ccc(CNC(=O)C(C)(C)C)c4Cl)n(C)c3cc2N2CC[C@H](F)C2)cc1. The molecule has 43 heavy (non-hydrogen) atoms. The third-order valence-corrected chi connectivity index (χ3v) is 8.66. The average Bonchev–Trinajstić information content (AvgIpc) is 3.52. The fourth-order valence-electron chi connectivity index (χ4n) is 5.19. The van der Waals surface area contributed by atoms with Gasteiger partial charge in [-0.15, -0.1) is 0 Å². The summed E-state index contributed by atoms with van der Waals surface area (Å²) in [5.74, 6) is 0.332. The van der Waals surface area contributed by atoms with Crippen molar-refractivity contribution in [2.45, 2.75) is 53.3 Å². The van der Waals surface area contributed by atoms with Crippen LogP contribution in [0.15, 0.2) is 48.5 Å². The normalized spacial score (nSPS) is 15.3. The predicted molar refractivity (Wildman–Crippen MR) is 172 cm³/mol. The Morgan fingerprint density at radius 2 is 1.81 bits per heavy atom. The van der Waals surface area contributed by atoms with Gasteiger partial charge < -0.3 is 20.1 Å². The number of aryl methyl sites for hydroxylation is 2. The van der Waals surface area contributed by atoms with Crippen molar-refractivity contribution in [3.63, 3.8) is 0 Å². The molecule has 1 aromatic heterocycles. The highest BCUT2D eigenvalue weighted by molar-refractivity contribution is 6.36. The monoisotopic (exact) mass is 623 g/mol. The molecule has 4 aromatic rings. The molecule has 10 heteroatoms. The zero-order chi connectivity index (χ0) is 31.1. The van der Waals surface area contributed by atoms with E-state index in [0.717, 1.165) is 16.6 Å². The van der Waals surface area contributed by atoms with Gasteiger partial charge in [0.2, 0.25) is 5.91 Å². The number of fused-ring (bicyclic) bond motifs is 1. The van der Waals surface area contributed by atoms with Gasteiger partial charge in [-0.1, -0.05) is 67.7 Å².